The van der Waals surface area contributed by atoms with E-state index in [1.807, 2.05) is 13.0 Å². The quantitative estimate of drug-likeness (QED) is 0.495. The summed E-state index contributed by atoms with van der Waals surface area (Å²) in [5.41, 5.74) is 3.53. The normalized spacial score (nSPS) is 17.3. The van der Waals surface area contributed by atoms with Crippen LogP contribution in [0, 0.1) is 6.92 Å². The maximum absolute atomic E-state index is 11.1. The van der Waals surface area contributed by atoms with Crippen LogP contribution in [-0.2, 0) is 6.42 Å². The molecule has 2 aromatic rings. The number of aryl methyl sites for hydroxylation is 2. The molecule has 5 heteroatoms. The van der Waals surface area contributed by atoms with Gasteiger partial charge in [0, 0.05) is 11.5 Å². The van der Waals surface area contributed by atoms with E-state index in [9.17, 15) is 10.2 Å². The van der Waals surface area contributed by atoms with Crippen LogP contribution in [-0.4, -0.2) is 25.4 Å². The summed E-state index contributed by atoms with van der Waals surface area (Å²) in [5, 5.41) is 30.1. The van der Waals surface area contributed by atoms with Gasteiger partial charge in [-0.1, -0.05) is 31.4 Å². The number of nitrogens with one attached hydrogen (secondary N) is 1. The van der Waals surface area contributed by atoms with Crippen molar-refractivity contribution in [2.75, 3.05) is 0 Å². The molecule has 1 unspecified atom stereocenters. The predicted octanol–water partition coefficient (Wildman–Crippen LogP) is 5.14. The molecule has 0 fully saturated rings. The highest BCUT2D eigenvalue weighted by molar-refractivity contribution is 5.73. The van der Waals surface area contributed by atoms with Crippen molar-refractivity contribution in [2.45, 2.75) is 71.6 Å². The molecule has 140 valence electrons. The SMILES string of the molecule is CCCCCc1cc(O)c(C2C=C(C)CCC2)c(O)c1-c1nnc(C)[nH]1. The maximum atomic E-state index is 11.1. The second-order valence-corrected chi connectivity index (χ2v) is 7.42. The van der Waals surface area contributed by atoms with E-state index >= 15 is 0 Å². The van der Waals surface area contributed by atoms with Crippen LogP contribution in [0.1, 0.15) is 75.2 Å². The first-order valence-electron chi connectivity index (χ1n) is 9.65. The number of allylic oxidation sites excluding steroid dienone is 2. The van der Waals surface area contributed by atoms with E-state index in [1.165, 1.54) is 5.57 Å². The van der Waals surface area contributed by atoms with Gasteiger partial charge in [0.2, 0.25) is 0 Å². The van der Waals surface area contributed by atoms with Gasteiger partial charge in [0.15, 0.2) is 5.82 Å². The highest BCUT2D eigenvalue weighted by Crippen LogP contribution is 2.46. The van der Waals surface area contributed by atoms with Crippen molar-refractivity contribution in [2.24, 2.45) is 0 Å². The van der Waals surface area contributed by atoms with E-state index in [-0.39, 0.29) is 17.4 Å². The van der Waals surface area contributed by atoms with Gasteiger partial charge in [-0.05, 0) is 57.6 Å². The van der Waals surface area contributed by atoms with Crippen molar-refractivity contribution >= 4 is 0 Å². The average molecular weight is 355 g/mol. The molecule has 1 aromatic heterocycles. The Hall–Kier alpha value is -2.30. The van der Waals surface area contributed by atoms with Gasteiger partial charge in [0.05, 0.1) is 5.56 Å². The summed E-state index contributed by atoms with van der Waals surface area (Å²) in [6, 6.07) is 1.82. The van der Waals surface area contributed by atoms with E-state index in [1.54, 1.807) is 0 Å². The van der Waals surface area contributed by atoms with Gasteiger partial charge in [-0.25, -0.2) is 0 Å². The number of nitrogens with zero attached hydrogens (tertiary/aromatic N) is 2. The van der Waals surface area contributed by atoms with Crippen LogP contribution in [0.15, 0.2) is 17.7 Å². The number of phenolic OH excluding ortho intramolecular Hbond substituents is 2. The summed E-state index contributed by atoms with van der Waals surface area (Å²) in [6.45, 7) is 6.12. The summed E-state index contributed by atoms with van der Waals surface area (Å²) >= 11 is 0. The molecule has 1 heterocycles. The zero-order valence-electron chi connectivity index (χ0n) is 16.0. The Morgan fingerprint density at radius 1 is 1.19 bits per heavy atom. The number of phenols is 2. The number of benzene rings is 1. The van der Waals surface area contributed by atoms with Crippen LogP contribution in [0.4, 0.5) is 0 Å². The number of hydrogen-bond donors (Lipinski definition) is 3. The Balaban J connectivity index is 2.11. The molecule has 1 aliphatic carbocycles. The van der Waals surface area contributed by atoms with Crippen LogP contribution in [0.3, 0.4) is 0 Å². The lowest BCUT2D eigenvalue weighted by atomic mass is 9.83. The number of H-pyrrole nitrogens is 1. The third kappa shape index (κ3) is 3.76. The third-order valence-electron chi connectivity index (χ3n) is 5.23. The Labute approximate surface area is 155 Å². The molecule has 1 aromatic carbocycles. The van der Waals surface area contributed by atoms with Gasteiger partial charge in [-0.2, -0.15) is 0 Å². The van der Waals surface area contributed by atoms with Crippen LogP contribution in [0.25, 0.3) is 11.4 Å². The third-order valence-corrected chi connectivity index (χ3v) is 5.23. The summed E-state index contributed by atoms with van der Waals surface area (Å²) in [5.74, 6) is 1.65. The van der Waals surface area contributed by atoms with Crippen molar-refractivity contribution in [3.8, 4) is 22.9 Å². The summed E-state index contributed by atoms with van der Waals surface area (Å²) < 4.78 is 0. The zero-order valence-corrected chi connectivity index (χ0v) is 16.0. The number of hydrogen-bond acceptors (Lipinski definition) is 4. The molecule has 5 nitrogen and oxygen atoms in total. The summed E-state index contributed by atoms with van der Waals surface area (Å²) in [7, 11) is 0. The first kappa shape index (κ1) is 18.5. The Kier molecular flexibility index (Phi) is 5.64. The molecular formula is C21H29N3O2. The molecule has 0 amide bonds. The molecule has 26 heavy (non-hydrogen) atoms. The van der Waals surface area contributed by atoms with Crippen molar-refractivity contribution < 1.29 is 10.2 Å². The Morgan fingerprint density at radius 2 is 2.00 bits per heavy atom. The maximum Gasteiger partial charge on any atom is 0.165 e. The minimum atomic E-state index is 0.0382. The first-order chi connectivity index (χ1) is 12.5. The predicted molar refractivity (Wildman–Crippen MR) is 103 cm³/mol. The van der Waals surface area contributed by atoms with E-state index in [0.717, 1.165) is 50.5 Å². The molecule has 1 aliphatic rings. The van der Waals surface area contributed by atoms with Gasteiger partial charge in [0.25, 0.3) is 0 Å². The van der Waals surface area contributed by atoms with Crippen molar-refractivity contribution in [1.82, 2.24) is 15.2 Å². The van der Waals surface area contributed by atoms with Crippen molar-refractivity contribution in [3.05, 3.63) is 34.7 Å². The molecule has 0 saturated heterocycles. The summed E-state index contributed by atoms with van der Waals surface area (Å²) in [4.78, 5) is 3.14. The molecule has 0 aliphatic heterocycles. The number of unbranched alkanes of at least 4 members (excludes halogenated alkanes) is 2. The molecule has 3 N–H and O–H groups in total. The average Bonchev–Trinajstić information content (AvgIpc) is 3.01. The fourth-order valence-electron chi connectivity index (χ4n) is 3.91. The fraction of sp³-hybridized carbons (Fsp3) is 0.524. The molecule has 0 saturated carbocycles. The Bertz CT molecular complexity index is 808. The Morgan fingerprint density at radius 3 is 2.65 bits per heavy atom. The second-order valence-electron chi connectivity index (χ2n) is 7.42. The van der Waals surface area contributed by atoms with E-state index in [2.05, 4.69) is 35.1 Å². The standard InChI is InChI=1S/C21H29N3O2/c1-4-5-6-9-16-12-17(25)18(15-10-7-8-13(2)11-15)20(26)19(16)21-22-14(3)23-24-21/h11-12,15,25-26H,4-10H2,1-3H3,(H,22,23,24). The molecule has 0 radical (unpaired) electrons. The van der Waals surface area contributed by atoms with Crippen LogP contribution in [0.2, 0.25) is 0 Å². The van der Waals surface area contributed by atoms with E-state index < -0.39 is 0 Å². The number of aromatic hydroxyl groups is 2. The van der Waals surface area contributed by atoms with E-state index in [0.29, 0.717) is 22.8 Å². The number of aromatic amines is 1. The van der Waals surface area contributed by atoms with Crippen molar-refractivity contribution in [3.63, 3.8) is 0 Å². The highest BCUT2D eigenvalue weighted by atomic mass is 16.3. The van der Waals surface area contributed by atoms with Crippen LogP contribution in [0.5, 0.6) is 11.5 Å². The topological polar surface area (TPSA) is 82.0 Å². The lowest BCUT2D eigenvalue weighted by molar-refractivity contribution is 0.428. The molecule has 3 rings (SSSR count). The zero-order chi connectivity index (χ0) is 18.7. The molecule has 1 atom stereocenters. The molecule has 0 spiro atoms. The van der Waals surface area contributed by atoms with Gasteiger partial charge in [-0.15, -0.1) is 10.2 Å². The lowest BCUT2D eigenvalue weighted by Gasteiger charge is -2.23. The van der Waals surface area contributed by atoms with Gasteiger partial charge >= 0.3 is 0 Å². The minimum absolute atomic E-state index is 0.0382. The lowest BCUT2D eigenvalue weighted by Crippen LogP contribution is -2.05. The number of aromatic nitrogens is 3. The first-order valence-corrected chi connectivity index (χ1v) is 9.65. The fourth-order valence-corrected chi connectivity index (χ4v) is 3.91. The van der Waals surface area contributed by atoms with Crippen LogP contribution < -0.4 is 0 Å². The second kappa shape index (κ2) is 7.94. The van der Waals surface area contributed by atoms with Gasteiger partial charge < -0.3 is 15.2 Å². The molecule has 0 bridgehead atoms. The summed E-state index contributed by atoms with van der Waals surface area (Å²) in [6.07, 6.45) is 9.30. The van der Waals surface area contributed by atoms with Gasteiger partial charge in [0.1, 0.15) is 17.3 Å². The van der Waals surface area contributed by atoms with E-state index in [4.69, 9.17) is 0 Å². The highest BCUT2D eigenvalue weighted by Gasteiger charge is 2.26. The minimum Gasteiger partial charge on any atom is -0.507 e. The molecular weight excluding hydrogens is 326 g/mol. The smallest absolute Gasteiger partial charge is 0.165 e. The monoisotopic (exact) mass is 355 g/mol. The van der Waals surface area contributed by atoms with Crippen LogP contribution >= 0.6 is 0 Å². The largest absolute Gasteiger partial charge is 0.507 e. The van der Waals surface area contributed by atoms with Gasteiger partial charge in [-0.3, -0.25) is 0 Å². The number of rotatable bonds is 6. The van der Waals surface area contributed by atoms with Crippen molar-refractivity contribution in [1.29, 1.82) is 0 Å².